The minimum Gasteiger partial charge on any atom is -0.367 e. The van der Waals surface area contributed by atoms with E-state index in [1.165, 1.54) is 38.5 Å². The standard InChI is InChI=1S/C15H22ClN3/c1-15(2)8-4-3-5-11(15)17-13-9-12(16)18-14(19-13)10-6-7-10/h9-11H,3-8H2,1-2H3,(H,17,18,19). The van der Waals surface area contributed by atoms with Crippen molar-refractivity contribution in [1.82, 2.24) is 9.97 Å². The Kier molecular flexibility index (Phi) is 3.42. The van der Waals surface area contributed by atoms with Crippen molar-refractivity contribution in [2.75, 3.05) is 5.32 Å². The molecular formula is C15H22ClN3. The first-order chi connectivity index (χ1) is 9.04. The molecule has 2 fully saturated rings. The van der Waals surface area contributed by atoms with Crippen LogP contribution in [0.5, 0.6) is 0 Å². The van der Waals surface area contributed by atoms with E-state index in [0.29, 0.717) is 22.5 Å². The summed E-state index contributed by atoms with van der Waals surface area (Å²) in [5, 5.41) is 4.16. The first-order valence-corrected chi connectivity index (χ1v) is 7.73. The Morgan fingerprint density at radius 2 is 2.00 bits per heavy atom. The molecule has 0 saturated heterocycles. The third-order valence-corrected chi connectivity index (χ3v) is 4.68. The van der Waals surface area contributed by atoms with Crippen molar-refractivity contribution in [2.45, 2.75) is 64.3 Å². The van der Waals surface area contributed by atoms with E-state index in [-0.39, 0.29) is 0 Å². The molecule has 104 valence electrons. The van der Waals surface area contributed by atoms with Gasteiger partial charge >= 0.3 is 0 Å². The van der Waals surface area contributed by atoms with E-state index in [2.05, 4.69) is 29.1 Å². The van der Waals surface area contributed by atoms with E-state index in [4.69, 9.17) is 11.6 Å². The minimum atomic E-state index is 0.329. The average Bonchev–Trinajstić information content (AvgIpc) is 3.15. The fourth-order valence-corrected chi connectivity index (χ4v) is 3.16. The minimum absolute atomic E-state index is 0.329. The fraction of sp³-hybridized carbons (Fsp3) is 0.733. The Labute approximate surface area is 120 Å². The van der Waals surface area contributed by atoms with Crippen molar-refractivity contribution in [3.63, 3.8) is 0 Å². The predicted octanol–water partition coefficient (Wildman–Crippen LogP) is 4.39. The highest BCUT2D eigenvalue weighted by Gasteiger charge is 2.33. The Balaban J connectivity index is 1.78. The van der Waals surface area contributed by atoms with Crippen LogP contribution in [0.2, 0.25) is 5.15 Å². The summed E-state index contributed by atoms with van der Waals surface area (Å²) in [4.78, 5) is 8.99. The summed E-state index contributed by atoms with van der Waals surface area (Å²) in [6.07, 6.45) is 7.54. The van der Waals surface area contributed by atoms with Gasteiger partial charge in [0.25, 0.3) is 0 Å². The van der Waals surface area contributed by atoms with Crippen LogP contribution < -0.4 is 5.32 Å². The van der Waals surface area contributed by atoms with Crippen LogP contribution in [-0.4, -0.2) is 16.0 Å². The molecule has 0 aromatic carbocycles. The van der Waals surface area contributed by atoms with Crippen LogP contribution in [0, 0.1) is 5.41 Å². The average molecular weight is 280 g/mol. The van der Waals surface area contributed by atoms with Gasteiger partial charge in [-0.2, -0.15) is 0 Å². The normalized spacial score (nSPS) is 26.2. The molecule has 2 aliphatic rings. The predicted molar refractivity (Wildman–Crippen MR) is 78.7 cm³/mol. The maximum absolute atomic E-state index is 6.12. The highest BCUT2D eigenvalue weighted by atomic mass is 35.5. The lowest BCUT2D eigenvalue weighted by atomic mass is 9.73. The number of hydrogen-bond donors (Lipinski definition) is 1. The summed E-state index contributed by atoms with van der Waals surface area (Å²) in [6.45, 7) is 4.68. The lowest BCUT2D eigenvalue weighted by molar-refractivity contribution is 0.216. The molecule has 0 amide bonds. The highest BCUT2D eigenvalue weighted by molar-refractivity contribution is 6.29. The number of nitrogens with zero attached hydrogens (tertiary/aromatic N) is 2. The molecule has 4 heteroatoms. The zero-order chi connectivity index (χ0) is 13.5. The molecule has 0 radical (unpaired) electrons. The quantitative estimate of drug-likeness (QED) is 0.834. The maximum Gasteiger partial charge on any atom is 0.135 e. The van der Waals surface area contributed by atoms with Crippen molar-refractivity contribution in [1.29, 1.82) is 0 Å². The summed E-state index contributed by atoms with van der Waals surface area (Å²) in [6, 6.07) is 2.34. The molecular weight excluding hydrogens is 258 g/mol. The van der Waals surface area contributed by atoms with E-state index >= 15 is 0 Å². The van der Waals surface area contributed by atoms with Gasteiger partial charge in [0, 0.05) is 18.0 Å². The summed E-state index contributed by atoms with van der Waals surface area (Å²) in [7, 11) is 0. The second-order valence-corrected chi connectivity index (χ2v) is 7.03. The molecule has 1 unspecified atom stereocenters. The van der Waals surface area contributed by atoms with Gasteiger partial charge < -0.3 is 5.32 Å². The Morgan fingerprint density at radius 1 is 1.21 bits per heavy atom. The SMILES string of the molecule is CC1(C)CCCCC1Nc1cc(Cl)nc(C2CC2)n1. The molecule has 2 aliphatic carbocycles. The summed E-state index contributed by atoms with van der Waals surface area (Å²) < 4.78 is 0. The Bertz CT molecular complexity index is 468. The van der Waals surface area contributed by atoms with Gasteiger partial charge in [-0.3, -0.25) is 0 Å². The van der Waals surface area contributed by atoms with Gasteiger partial charge in [0.15, 0.2) is 0 Å². The van der Waals surface area contributed by atoms with Crippen LogP contribution in [-0.2, 0) is 0 Å². The monoisotopic (exact) mass is 279 g/mol. The smallest absolute Gasteiger partial charge is 0.135 e. The van der Waals surface area contributed by atoms with Crippen LogP contribution in [0.25, 0.3) is 0 Å². The van der Waals surface area contributed by atoms with E-state index in [1.54, 1.807) is 0 Å². The number of hydrogen-bond acceptors (Lipinski definition) is 3. The second-order valence-electron chi connectivity index (χ2n) is 6.64. The molecule has 1 heterocycles. The largest absolute Gasteiger partial charge is 0.367 e. The second kappa shape index (κ2) is 4.93. The molecule has 3 rings (SSSR count). The Morgan fingerprint density at radius 3 is 2.68 bits per heavy atom. The van der Waals surface area contributed by atoms with Crippen molar-refractivity contribution in [2.24, 2.45) is 5.41 Å². The zero-order valence-corrected chi connectivity index (χ0v) is 12.5. The van der Waals surface area contributed by atoms with Crippen LogP contribution >= 0.6 is 11.6 Å². The molecule has 1 atom stereocenters. The van der Waals surface area contributed by atoms with Crippen LogP contribution in [0.4, 0.5) is 5.82 Å². The van der Waals surface area contributed by atoms with E-state index in [1.807, 2.05) is 6.07 Å². The molecule has 0 spiro atoms. The van der Waals surface area contributed by atoms with Gasteiger partial charge in [0.2, 0.25) is 0 Å². The summed E-state index contributed by atoms with van der Waals surface area (Å²) in [5.74, 6) is 2.36. The number of anilines is 1. The number of rotatable bonds is 3. The van der Waals surface area contributed by atoms with Crippen molar-refractivity contribution >= 4 is 17.4 Å². The van der Waals surface area contributed by atoms with Gasteiger partial charge in [0.1, 0.15) is 16.8 Å². The molecule has 1 aromatic rings. The van der Waals surface area contributed by atoms with Gasteiger partial charge in [0.05, 0.1) is 0 Å². The lowest BCUT2D eigenvalue weighted by Crippen LogP contribution is -2.39. The lowest BCUT2D eigenvalue weighted by Gasteiger charge is -2.39. The maximum atomic E-state index is 6.12. The fourth-order valence-electron chi connectivity index (χ4n) is 2.97. The molecule has 0 bridgehead atoms. The third-order valence-electron chi connectivity index (χ3n) is 4.48. The van der Waals surface area contributed by atoms with Crippen molar-refractivity contribution in [3.8, 4) is 0 Å². The van der Waals surface area contributed by atoms with Gasteiger partial charge in [-0.1, -0.05) is 38.3 Å². The van der Waals surface area contributed by atoms with E-state index < -0.39 is 0 Å². The summed E-state index contributed by atoms with van der Waals surface area (Å²) >= 11 is 6.12. The van der Waals surface area contributed by atoms with E-state index in [0.717, 1.165) is 11.6 Å². The van der Waals surface area contributed by atoms with Crippen LogP contribution in [0.1, 0.15) is 64.1 Å². The molecule has 1 aromatic heterocycles. The topological polar surface area (TPSA) is 37.8 Å². The number of nitrogens with one attached hydrogen (secondary N) is 1. The highest BCUT2D eigenvalue weighted by Crippen LogP contribution is 2.40. The molecule has 0 aliphatic heterocycles. The first kappa shape index (κ1) is 13.2. The van der Waals surface area contributed by atoms with Gasteiger partial charge in [-0.05, 0) is 31.1 Å². The number of halogens is 1. The van der Waals surface area contributed by atoms with Crippen LogP contribution in [0.3, 0.4) is 0 Å². The summed E-state index contributed by atoms with van der Waals surface area (Å²) in [5.41, 5.74) is 0.329. The van der Waals surface area contributed by atoms with Crippen LogP contribution in [0.15, 0.2) is 6.07 Å². The molecule has 3 nitrogen and oxygen atoms in total. The van der Waals surface area contributed by atoms with Gasteiger partial charge in [-0.15, -0.1) is 0 Å². The Hall–Kier alpha value is -0.830. The molecule has 2 saturated carbocycles. The number of aromatic nitrogens is 2. The van der Waals surface area contributed by atoms with Gasteiger partial charge in [-0.25, -0.2) is 9.97 Å². The zero-order valence-electron chi connectivity index (χ0n) is 11.7. The first-order valence-electron chi connectivity index (χ1n) is 7.36. The van der Waals surface area contributed by atoms with Crippen molar-refractivity contribution in [3.05, 3.63) is 17.0 Å². The van der Waals surface area contributed by atoms with E-state index in [9.17, 15) is 0 Å². The van der Waals surface area contributed by atoms with Crippen molar-refractivity contribution < 1.29 is 0 Å². The molecule has 1 N–H and O–H groups in total. The third kappa shape index (κ3) is 3.02. The molecule has 19 heavy (non-hydrogen) atoms.